The maximum atomic E-state index is 12.6. The first-order valence-corrected chi connectivity index (χ1v) is 4.95. The van der Waals surface area contributed by atoms with E-state index in [2.05, 4.69) is 4.74 Å². The summed E-state index contributed by atoms with van der Waals surface area (Å²) in [5.74, 6) is -0.782. The second kappa shape index (κ2) is 6.00. The van der Waals surface area contributed by atoms with E-state index < -0.39 is 5.97 Å². The van der Waals surface area contributed by atoms with Crippen molar-refractivity contribution in [3.63, 3.8) is 0 Å². The second-order valence-corrected chi connectivity index (χ2v) is 3.42. The third-order valence-electron chi connectivity index (χ3n) is 2.15. The van der Waals surface area contributed by atoms with Gasteiger partial charge >= 0.3 is 5.97 Å². The fourth-order valence-corrected chi connectivity index (χ4v) is 1.26. The lowest BCUT2D eigenvalue weighted by Gasteiger charge is -2.01. The fourth-order valence-electron chi connectivity index (χ4n) is 1.26. The van der Waals surface area contributed by atoms with Crippen LogP contribution >= 0.6 is 0 Å². The molecule has 0 heterocycles. The highest BCUT2D eigenvalue weighted by Crippen LogP contribution is 2.06. The molecule has 0 aliphatic carbocycles. The Kier molecular flexibility index (Phi) is 4.64. The van der Waals surface area contributed by atoms with Crippen LogP contribution in [0.4, 0.5) is 4.39 Å². The zero-order valence-electron chi connectivity index (χ0n) is 9.03. The molecule has 86 valence electrons. The van der Waals surface area contributed by atoms with E-state index in [1.165, 1.54) is 19.2 Å². The molecule has 0 unspecified atom stereocenters. The molecule has 0 aromatic heterocycles. The molecule has 0 saturated heterocycles. The van der Waals surface area contributed by atoms with Crippen LogP contribution in [0.1, 0.15) is 18.4 Å². The number of Topliss-reactive ketones (excluding diaryl/α,β-unsaturated/α-hetero) is 1. The van der Waals surface area contributed by atoms with E-state index in [1.807, 2.05) is 0 Å². The van der Waals surface area contributed by atoms with Crippen molar-refractivity contribution in [3.05, 3.63) is 35.6 Å². The second-order valence-electron chi connectivity index (χ2n) is 3.42. The lowest BCUT2D eigenvalue weighted by molar-refractivity contribution is -0.141. The molecule has 0 saturated carbocycles. The van der Waals surface area contributed by atoms with Gasteiger partial charge in [-0.25, -0.2) is 4.39 Å². The zero-order chi connectivity index (χ0) is 12.0. The highest BCUT2D eigenvalue weighted by Gasteiger charge is 2.07. The molecule has 16 heavy (non-hydrogen) atoms. The van der Waals surface area contributed by atoms with Crippen LogP contribution in [-0.4, -0.2) is 18.9 Å². The van der Waals surface area contributed by atoms with Gasteiger partial charge < -0.3 is 4.74 Å². The maximum Gasteiger partial charge on any atom is 0.305 e. The number of hydrogen-bond acceptors (Lipinski definition) is 3. The number of esters is 1. The van der Waals surface area contributed by atoms with Crippen molar-refractivity contribution in [2.75, 3.05) is 7.11 Å². The number of carbonyl (C=O) groups excluding carboxylic acids is 2. The number of ether oxygens (including phenoxy) is 1. The summed E-state index contributed by atoms with van der Waals surface area (Å²) in [6, 6.07) is 5.74. The summed E-state index contributed by atoms with van der Waals surface area (Å²) in [5.41, 5.74) is 0.747. The van der Waals surface area contributed by atoms with E-state index >= 15 is 0 Å². The molecule has 3 nitrogen and oxygen atoms in total. The molecule has 0 bridgehead atoms. The van der Waals surface area contributed by atoms with Gasteiger partial charge in [0.25, 0.3) is 0 Å². The van der Waals surface area contributed by atoms with Gasteiger partial charge in [0.2, 0.25) is 0 Å². The van der Waals surface area contributed by atoms with Gasteiger partial charge in [-0.3, -0.25) is 9.59 Å². The highest BCUT2D eigenvalue weighted by atomic mass is 19.1. The van der Waals surface area contributed by atoms with Gasteiger partial charge in [0.05, 0.1) is 13.5 Å². The minimum Gasteiger partial charge on any atom is -0.469 e. The molecule has 0 fully saturated rings. The number of benzene rings is 1. The Morgan fingerprint density at radius 1 is 1.19 bits per heavy atom. The monoisotopic (exact) mass is 224 g/mol. The lowest BCUT2D eigenvalue weighted by Crippen LogP contribution is -2.07. The first kappa shape index (κ1) is 12.4. The molecule has 1 rings (SSSR count). The van der Waals surface area contributed by atoms with E-state index in [-0.39, 0.29) is 30.9 Å². The molecule has 0 aliphatic rings. The molecule has 0 N–H and O–H groups in total. The highest BCUT2D eigenvalue weighted by molar-refractivity contribution is 5.84. The van der Waals surface area contributed by atoms with Crippen LogP contribution in [0.25, 0.3) is 0 Å². The number of halogens is 1. The van der Waals surface area contributed by atoms with E-state index in [1.54, 1.807) is 12.1 Å². The van der Waals surface area contributed by atoms with Gasteiger partial charge in [0, 0.05) is 12.8 Å². The predicted molar refractivity (Wildman–Crippen MR) is 56.4 cm³/mol. The van der Waals surface area contributed by atoms with E-state index in [0.717, 1.165) is 5.56 Å². The Morgan fingerprint density at radius 3 is 2.38 bits per heavy atom. The van der Waals surface area contributed by atoms with Gasteiger partial charge in [-0.05, 0) is 17.7 Å². The number of rotatable bonds is 5. The molecule has 0 aliphatic heterocycles. The normalized spacial score (nSPS) is 9.88. The SMILES string of the molecule is COC(=O)CCC(=O)Cc1ccc(F)cc1. The average Bonchev–Trinajstić information content (AvgIpc) is 2.29. The molecule has 0 atom stereocenters. The predicted octanol–water partition coefficient (Wildman–Crippen LogP) is 1.89. The van der Waals surface area contributed by atoms with Crippen molar-refractivity contribution in [1.29, 1.82) is 0 Å². The van der Waals surface area contributed by atoms with Crippen molar-refractivity contribution < 1.29 is 18.7 Å². The third kappa shape index (κ3) is 4.21. The Bertz CT molecular complexity index is 370. The Morgan fingerprint density at radius 2 is 1.81 bits per heavy atom. The van der Waals surface area contributed by atoms with Crippen LogP contribution in [-0.2, 0) is 20.7 Å². The van der Waals surface area contributed by atoms with Crippen LogP contribution in [0.3, 0.4) is 0 Å². The molecule has 0 amide bonds. The number of methoxy groups -OCH3 is 1. The van der Waals surface area contributed by atoms with Crippen LogP contribution in [0.5, 0.6) is 0 Å². The summed E-state index contributed by atoms with van der Waals surface area (Å²) >= 11 is 0. The molecular weight excluding hydrogens is 211 g/mol. The van der Waals surface area contributed by atoms with Crippen molar-refractivity contribution in [1.82, 2.24) is 0 Å². The van der Waals surface area contributed by atoms with Crippen molar-refractivity contribution in [2.24, 2.45) is 0 Å². The van der Waals surface area contributed by atoms with Gasteiger partial charge in [-0.1, -0.05) is 12.1 Å². The first-order valence-electron chi connectivity index (χ1n) is 4.95. The standard InChI is InChI=1S/C12H13FO3/c1-16-12(15)7-6-11(14)8-9-2-4-10(13)5-3-9/h2-5H,6-8H2,1H3. The summed E-state index contributed by atoms with van der Waals surface area (Å²) in [4.78, 5) is 22.2. The molecule has 4 heteroatoms. The minimum absolute atomic E-state index is 0.0583. The van der Waals surface area contributed by atoms with Crippen molar-refractivity contribution >= 4 is 11.8 Å². The van der Waals surface area contributed by atoms with Crippen molar-refractivity contribution in [2.45, 2.75) is 19.3 Å². The lowest BCUT2D eigenvalue weighted by atomic mass is 10.1. The first-order chi connectivity index (χ1) is 7.61. The summed E-state index contributed by atoms with van der Waals surface area (Å²) in [7, 11) is 1.28. The number of hydrogen-bond donors (Lipinski definition) is 0. The smallest absolute Gasteiger partial charge is 0.305 e. The van der Waals surface area contributed by atoms with Crippen LogP contribution in [0.15, 0.2) is 24.3 Å². The van der Waals surface area contributed by atoms with Gasteiger partial charge in [0.1, 0.15) is 11.6 Å². The van der Waals surface area contributed by atoms with Gasteiger partial charge in [0.15, 0.2) is 0 Å². The van der Waals surface area contributed by atoms with Crippen LogP contribution in [0, 0.1) is 5.82 Å². The van der Waals surface area contributed by atoms with Gasteiger partial charge in [-0.2, -0.15) is 0 Å². The quantitative estimate of drug-likeness (QED) is 0.717. The zero-order valence-corrected chi connectivity index (χ0v) is 9.03. The number of ketones is 1. The third-order valence-corrected chi connectivity index (χ3v) is 2.15. The number of carbonyl (C=O) groups is 2. The molecule has 1 aromatic rings. The molecule has 0 radical (unpaired) electrons. The van der Waals surface area contributed by atoms with Crippen molar-refractivity contribution in [3.8, 4) is 0 Å². The van der Waals surface area contributed by atoms with E-state index in [9.17, 15) is 14.0 Å². The Labute approximate surface area is 93.2 Å². The largest absolute Gasteiger partial charge is 0.469 e. The average molecular weight is 224 g/mol. The summed E-state index contributed by atoms with van der Waals surface area (Å²) in [5, 5.41) is 0. The Hall–Kier alpha value is -1.71. The maximum absolute atomic E-state index is 12.6. The molecule has 0 spiro atoms. The van der Waals surface area contributed by atoms with Crippen LogP contribution < -0.4 is 0 Å². The fraction of sp³-hybridized carbons (Fsp3) is 0.333. The summed E-state index contributed by atoms with van der Waals surface area (Å²) in [6.07, 6.45) is 0.470. The topological polar surface area (TPSA) is 43.4 Å². The van der Waals surface area contributed by atoms with Gasteiger partial charge in [-0.15, -0.1) is 0 Å². The Balaban J connectivity index is 2.40. The van der Waals surface area contributed by atoms with Crippen LogP contribution in [0.2, 0.25) is 0 Å². The molecule has 1 aromatic carbocycles. The van der Waals surface area contributed by atoms with E-state index in [4.69, 9.17) is 0 Å². The van der Waals surface area contributed by atoms with E-state index in [0.29, 0.717) is 0 Å². The molecular formula is C12H13FO3. The summed E-state index contributed by atoms with van der Waals surface area (Å²) in [6.45, 7) is 0. The minimum atomic E-state index is -0.396. The summed E-state index contributed by atoms with van der Waals surface area (Å²) < 4.78 is 17.0.